The third-order valence-corrected chi connectivity index (χ3v) is 4.09. The summed E-state index contributed by atoms with van der Waals surface area (Å²) in [5.41, 5.74) is 1.73. The number of hydrogen-bond donors (Lipinski definition) is 1. The van der Waals surface area contributed by atoms with Crippen molar-refractivity contribution in [2.24, 2.45) is 0 Å². The average molecular weight is 294 g/mol. The first kappa shape index (κ1) is 14.5. The number of nitro groups is 1. The number of thiophene rings is 1. The Kier molecular flexibility index (Phi) is 4.34. The number of anilines is 1. The van der Waals surface area contributed by atoms with E-state index in [1.165, 1.54) is 11.6 Å². The van der Waals surface area contributed by atoms with Gasteiger partial charge in [-0.05, 0) is 42.0 Å². The largest absolute Gasteiger partial charge is 0.375 e. The zero-order chi connectivity index (χ0) is 14.7. The van der Waals surface area contributed by atoms with Crippen LogP contribution in [0, 0.1) is 22.9 Å². The molecule has 0 saturated carbocycles. The zero-order valence-electron chi connectivity index (χ0n) is 11.3. The van der Waals surface area contributed by atoms with Crippen molar-refractivity contribution in [1.29, 1.82) is 0 Å². The third kappa shape index (κ3) is 2.96. The van der Waals surface area contributed by atoms with E-state index in [1.54, 1.807) is 18.3 Å². The third-order valence-electron chi connectivity index (χ3n) is 3.13. The molecule has 1 aromatic heterocycles. The fraction of sp³-hybridized carbons (Fsp3) is 0.286. The highest BCUT2D eigenvalue weighted by molar-refractivity contribution is 7.10. The second-order valence-corrected chi connectivity index (χ2v) is 5.45. The summed E-state index contributed by atoms with van der Waals surface area (Å²) < 4.78 is 13.4. The molecule has 106 valence electrons. The Morgan fingerprint density at radius 2 is 2.20 bits per heavy atom. The number of nitrogens with one attached hydrogen (secondary N) is 1. The van der Waals surface area contributed by atoms with Crippen molar-refractivity contribution in [2.75, 3.05) is 5.32 Å². The van der Waals surface area contributed by atoms with Gasteiger partial charge < -0.3 is 5.32 Å². The van der Waals surface area contributed by atoms with Crippen LogP contribution in [0.5, 0.6) is 0 Å². The molecule has 20 heavy (non-hydrogen) atoms. The van der Waals surface area contributed by atoms with E-state index >= 15 is 0 Å². The first-order valence-corrected chi connectivity index (χ1v) is 7.14. The quantitative estimate of drug-likeness (QED) is 0.661. The van der Waals surface area contributed by atoms with E-state index in [2.05, 4.69) is 12.2 Å². The molecule has 0 saturated heterocycles. The maximum absolute atomic E-state index is 13.4. The molecule has 0 atom stereocenters. The van der Waals surface area contributed by atoms with E-state index < -0.39 is 10.7 Å². The highest BCUT2D eigenvalue weighted by atomic mass is 32.1. The van der Waals surface area contributed by atoms with E-state index in [-0.39, 0.29) is 5.69 Å². The lowest BCUT2D eigenvalue weighted by Gasteiger charge is -2.09. The summed E-state index contributed by atoms with van der Waals surface area (Å²) in [6.45, 7) is 4.16. The number of halogens is 1. The number of rotatable bonds is 5. The molecule has 0 aliphatic rings. The van der Waals surface area contributed by atoms with Crippen LogP contribution in [0.4, 0.5) is 15.8 Å². The number of aryl methyl sites for hydroxylation is 2. The number of nitro benzene ring substituents is 1. The molecule has 0 fully saturated rings. The van der Waals surface area contributed by atoms with Crippen LogP contribution in [0.2, 0.25) is 0 Å². The van der Waals surface area contributed by atoms with Crippen LogP contribution in [0.1, 0.15) is 22.9 Å². The van der Waals surface area contributed by atoms with E-state index in [9.17, 15) is 14.5 Å². The molecule has 0 spiro atoms. The smallest absolute Gasteiger partial charge is 0.295 e. The second-order valence-electron chi connectivity index (χ2n) is 4.45. The first-order chi connectivity index (χ1) is 9.52. The summed E-state index contributed by atoms with van der Waals surface area (Å²) in [6.07, 6.45) is 0.922. The van der Waals surface area contributed by atoms with Gasteiger partial charge in [0.1, 0.15) is 11.5 Å². The number of benzene rings is 1. The topological polar surface area (TPSA) is 55.2 Å². The van der Waals surface area contributed by atoms with Crippen LogP contribution >= 0.6 is 11.3 Å². The van der Waals surface area contributed by atoms with Gasteiger partial charge in [0, 0.05) is 11.4 Å². The maximum Gasteiger partial charge on any atom is 0.295 e. The molecule has 0 aliphatic carbocycles. The lowest BCUT2D eigenvalue weighted by atomic mass is 10.1. The van der Waals surface area contributed by atoms with Crippen LogP contribution in [0.15, 0.2) is 23.6 Å². The summed E-state index contributed by atoms with van der Waals surface area (Å²) in [7, 11) is 0. The van der Waals surface area contributed by atoms with Gasteiger partial charge in [0.15, 0.2) is 0 Å². The molecule has 2 rings (SSSR count). The standard InChI is InChI=1S/C14H15FN2O2S/c1-3-10-4-5-20-14(10)8-16-12-6-9(2)11(15)7-13(12)17(18)19/h4-7,16H,3,8H2,1-2H3. The monoisotopic (exact) mass is 294 g/mol. The van der Waals surface area contributed by atoms with Crippen LogP contribution < -0.4 is 5.32 Å². The van der Waals surface area contributed by atoms with E-state index in [4.69, 9.17) is 0 Å². The summed E-state index contributed by atoms with van der Waals surface area (Å²) >= 11 is 1.61. The predicted molar refractivity (Wildman–Crippen MR) is 78.8 cm³/mol. The van der Waals surface area contributed by atoms with Crippen LogP contribution in [-0.4, -0.2) is 4.92 Å². The van der Waals surface area contributed by atoms with Gasteiger partial charge in [-0.1, -0.05) is 6.92 Å². The Balaban J connectivity index is 2.25. The zero-order valence-corrected chi connectivity index (χ0v) is 12.1. The van der Waals surface area contributed by atoms with Crippen molar-refractivity contribution in [2.45, 2.75) is 26.8 Å². The Bertz CT molecular complexity index is 640. The Hall–Kier alpha value is -1.95. The normalized spacial score (nSPS) is 10.6. The molecule has 0 radical (unpaired) electrons. The molecule has 0 amide bonds. The first-order valence-electron chi connectivity index (χ1n) is 6.26. The molecule has 0 bridgehead atoms. The van der Waals surface area contributed by atoms with E-state index in [0.29, 0.717) is 17.8 Å². The minimum atomic E-state index is -0.569. The van der Waals surface area contributed by atoms with Gasteiger partial charge in [0.25, 0.3) is 5.69 Å². The van der Waals surface area contributed by atoms with Crippen molar-refractivity contribution >= 4 is 22.7 Å². The highest BCUT2D eigenvalue weighted by Crippen LogP contribution is 2.29. The van der Waals surface area contributed by atoms with Crippen molar-refractivity contribution in [3.63, 3.8) is 0 Å². The van der Waals surface area contributed by atoms with Gasteiger partial charge in [-0.15, -0.1) is 11.3 Å². The van der Waals surface area contributed by atoms with Gasteiger partial charge in [0.2, 0.25) is 0 Å². The fourth-order valence-corrected chi connectivity index (χ4v) is 2.89. The highest BCUT2D eigenvalue weighted by Gasteiger charge is 2.17. The molecular formula is C14H15FN2O2S. The molecule has 1 aromatic carbocycles. The van der Waals surface area contributed by atoms with E-state index in [0.717, 1.165) is 17.4 Å². The molecule has 0 aliphatic heterocycles. The SMILES string of the molecule is CCc1ccsc1CNc1cc(C)c(F)cc1[N+](=O)[O-]. The Labute approximate surface area is 120 Å². The molecule has 1 heterocycles. The molecule has 2 aromatic rings. The van der Waals surface area contributed by atoms with Crippen LogP contribution in [0.3, 0.4) is 0 Å². The lowest BCUT2D eigenvalue weighted by Crippen LogP contribution is -2.04. The average Bonchev–Trinajstić information content (AvgIpc) is 2.86. The van der Waals surface area contributed by atoms with Gasteiger partial charge in [0.05, 0.1) is 11.0 Å². The van der Waals surface area contributed by atoms with Crippen molar-refractivity contribution < 1.29 is 9.31 Å². The van der Waals surface area contributed by atoms with E-state index in [1.807, 2.05) is 11.4 Å². The molecule has 4 nitrogen and oxygen atoms in total. The maximum atomic E-state index is 13.4. The van der Waals surface area contributed by atoms with Gasteiger partial charge in [-0.2, -0.15) is 0 Å². The number of hydrogen-bond acceptors (Lipinski definition) is 4. The molecule has 6 heteroatoms. The van der Waals surface area contributed by atoms with Crippen molar-refractivity contribution in [3.05, 3.63) is 55.5 Å². The van der Waals surface area contributed by atoms with Gasteiger partial charge >= 0.3 is 0 Å². The van der Waals surface area contributed by atoms with Gasteiger partial charge in [-0.25, -0.2) is 4.39 Å². The summed E-state index contributed by atoms with van der Waals surface area (Å²) in [4.78, 5) is 11.5. The fourth-order valence-electron chi connectivity index (χ4n) is 1.98. The van der Waals surface area contributed by atoms with Gasteiger partial charge in [-0.3, -0.25) is 10.1 Å². The number of nitrogens with zero attached hydrogens (tertiary/aromatic N) is 1. The lowest BCUT2D eigenvalue weighted by molar-refractivity contribution is -0.384. The minimum Gasteiger partial charge on any atom is -0.375 e. The molecule has 0 unspecified atom stereocenters. The van der Waals surface area contributed by atoms with Crippen molar-refractivity contribution in [1.82, 2.24) is 0 Å². The summed E-state index contributed by atoms with van der Waals surface area (Å²) in [6, 6.07) is 4.49. The Morgan fingerprint density at radius 3 is 2.85 bits per heavy atom. The summed E-state index contributed by atoms with van der Waals surface area (Å²) in [5, 5.41) is 16.0. The minimum absolute atomic E-state index is 0.234. The second kappa shape index (κ2) is 6.00. The van der Waals surface area contributed by atoms with Crippen molar-refractivity contribution in [3.8, 4) is 0 Å². The Morgan fingerprint density at radius 1 is 1.45 bits per heavy atom. The van der Waals surface area contributed by atoms with Crippen LogP contribution in [0.25, 0.3) is 0 Å². The predicted octanol–water partition coefficient (Wildman–Crippen LogP) is 4.28. The van der Waals surface area contributed by atoms with Crippen LogP contribution in [-0.2, 0) is 13.0 Å². The molecule has 1 N–H and O–H groups in total. The molecular weight excluding hydrogens is 279 g/mol. The summed E-state index contributed by atoms with van der Waals surface area (Å²) in [5.74, 6) is -0.562.